The molecule has 0 aliphatic carbocycles. The van der Waals surface area contributed by atoms with Gasteiger partial charge in [-0.2, -0.15) is 0 Å². The van der Waals surface area contributed by atoms with E-state index in [9.17, 15) is 0 Å². The quantitative estimate of drug-likeness (QED) is 0.231. The fraction of sp³-hybridized carbons (Fsp3) is 0.333. The van der Waals surface area contributed by atoms with Crippen molar-refractivity contribution in [2.75, 3.05) is 22.9 Å². The first-order valence-corrected chi connectivity index (χ1v) is 15.4. The number of aryl methyl sites for hydroxylation is 1. The fourth-order valence-electron chi connectivity index (χ4n) is 6.80. The van der Waals surface area contributed by atoms with Crippen LogP contribution in [0.5, 0.6) is 0 Å². The Hall–Kier alpha value is -3.06. The van der Waals surface area contributed by atoms with Crippen molar-refractivity contribution in [1.82, 2.24) is 14.9 Å². The van der Waals surface area contributed by atoms with Crippen molar-refractivity contribution in [3.8, 4) is 5.69 Å². The van der Waals surface area contributed by atoms with Crippen molar-refractivity contribution in [3.05, 3.63) is 106 Å². The maximum Gasteiger partial charge on any atom is 0.174 e. The summed E-state index contributed by atoms with van der Waals surface area (Å²) in [5, 5.41) is 5.69. The van der Waals surface area contributed by atoms with E-state index >= 15 is 0 Å². The van der Waals surface area contributed by atoms with Gasteiger partial charge < -0.3 is 19.7 Å². The molecule has 1 N–H and O–H groups in total. The van der Waals surface area contributed by atoms with Gasteiger partial charge in [0.1, 0.15) is 0 Å². The second-order valence-corrected chi connectivity index (χ2v) is 12.8. The molecule has 0 amide bonds. The van der Waals surface area contributed by atoms with Gasteiger partial charge in [-0.1, -0.05) is 55.2 Å². The molecule has 4 aromatic rings. The SMILES string of the molecule is Cc1cc([C@H]2[C@H](c3ccccn3)NC(=S)N2c2ccc(N3C[C@H](C)C[C@H](C)C3)c(Cl)c2)c(C)n1-c1ccccc1Cl. The van der Waals surface area contributed by atoms with Gasteiger partial charge >= 0.3 is 0 Å². The number of benzene rings is 2. The molecule has 2 aliphatic heterocycles. The summed E-state index contributed by atoms with van der Waals surface area (Å²) in [5.41, 5.74) is 7.30. The van der Waals surface area contributed by atoms with Crippen LogP contribution >= 0.6 is 35.4 Å². The predicted molar refractivity (Wildman–Crippen MR) is 175 cm³/mol. The summed E-state index contributed by atoms with van der Waals surface area (Å²) in [5.74, 6) is 1.28. The molecule has 212 valence electrons. The Kier molecular flexibility index (Phi) is 7.75. The monoisotopic (exact) mass is 603 g/mol. The number of hydrogen-bond acceptors (Lipinski definition) is 3. The Balaban J connectivity index is 1.45. The highest BCUT2D eigenvalue weighted by atomic mass is 35.5. The zero-order valence-corrected chi connectivity index (χ0v) is 26.1. The molecule has 0 radical (unpaired) electrons. The van der Waals surface area contributed by atoms with E-state index in [4.69, 9.17) is 40.4 Å². The number of thiocarbonyl (C=S) groups is 1. The van der Waals surface area contributed by atoms with Crippen LogP contribution in [0.3, 0.4) is 0 Å². The number of hydrogen-bond donors (Lipinski definition) is 1. The third-order valence-corrected chi connectivity index (χ3v) is 9.34. The van der Waals surface area contributed by atoms with Crippen LogP contribution in [-0.4, -0.2) is 27.8 Å². The number of pyridine rings is 1. The van der Waals surface area contributed by atoms with Crippen LogP contribution in [0.1, 0.15) is 55.0 Å². The molecule has 6 rings (SSSR count). The van der Waals surface area contributed by atoms with Crippen molar-refractivity contribution in [2.45, 2.75) is 46.2 Å². The third kappa shape index (κ3) is 5.22. The zero-order valence-electron chi connectivity index (χ0n) is 23.8. The lowest BCUT2D eigenvalue weighted by Crippen LogP contribution is -2.38. The summed E-state index contributed by atoms with van der Waals surface area (Å²) in [6, 6.07) is 22.3. The van der Waals surface area contributed by atoms with E-state index < -0.39 is 0 Å². The number of halogens is 2. The Morgan fingerprint density at radius 3 is 2.29 bits per heavy atom. The first kappa shape index (κ1) is 28.1. The molecule has 2 saturated heterocycles. The minimum atomic E-state index is -0.147. The number of piperidine rings is 1. The van der Waals surface area contributed by atoms with Gasteiger partial charge in [0.05, 0.1) is 39.2 Å². The summed E-state index contributed by atoms with van der Waals surface area (Å²) in [7, 11) is 0. The number of aromatic nitrogens is 2. The average molecular weight is 605 g/mol. The second-order valence-electron chi connectivity index (χ2n) is 11.6. The molecule has 0 spiro atoms. The van der Waals surface area contributed by atoms with Crippen molar-refractivity contribution >= 4 is 51.9 Å². The molecular formula is C33H35Cl2N5S. The van der Waals surface area contributed by atoms with Crippen molar-refractivity contribution in [3.63, 3.8) is 0 Å². The highest BCUT2D eigenvalue weighted by Gasteiger charge is 2.42. The highest BCUT2D eigenvalue weighted by Crippen LogP contribution is 2.45. The largest absolute Gasteiger partial charge is 0.370 e. The summed E-state index contributed by atoms with van der Waals surface area (Å²) in [4.78, 5) is 9.35. The standard InChI is InChI=1S/C33H35Cl2N5S/c1-20-15-21(2)19-38(18-20)29-13-12-24(17-27(29)35)40-32(31(37-33(40)41)28-10-7-8-14-36-28)25-16-22(3)39(23(25)4)30-11-6-5-9-26(30)34/h5-14,16-17,20-21,31-32H,15,18-19H2,1-4H3,(H,37,41)/t20-,21+,31-,32-/m0/s1. The van der Waals surface area contributed by atoms with Gasteiger partial charge in [-0.05, 0) is 98.4 Å². The number of nitrogens with zero attached hydrogens (tertiary/aromatic N) is 4. The molecule has 2 aromatic carbocycles. The van der Waals surface area contributed by atoms with E-state index in [1.54, 1.807) is 0 Å². The predicted octanol–water partition coefficient (Wildman–Crippen LogP) is 8.46. The molecule has 5 nitrogen and oxygen atoms in total. The van der Waals surface area contributed by atoms with Gasteiger partial charge in [-0.15, -0.1) is 0 Å². The molecule has 2 aromatic heterocycles. The molecule has 41 heavy (non-hydrogen) atoms. The van der Waals surface area contributed by atoms with E-state index in [1.165, 1.54) is 6.42 Å². The van der Waals surface area contributed by atoms with Crippen LogP contribution in [0.2, 0.25) is 10.0 Å². The van der Waals surface area contributed by atoms with E-state index in [2.05, 4.69) is 83.8 Å². The summed E-state index contributed by atoms with van der Waals surface area (Å²) < 4.78 is 2.22. The van der Waals surface area contributed by atoms with Gasteiger partial charge in [0.2, 0.25) is 0 Å². The summed E-state index contributed by atoms with van der Waals surface area (Å²) in [6.07, 6.45) is 3.09. The van der Waals surface area contributed by atoms with Gasteiger partial charge in [0.15, 0.2) is 5.11 Å². The van der Waals surface area contributed by atoms with Gasteiger partial charge in [-0.25, -0.2) is 0 Å². The maximum absolute atomic E-state index is 7.03. The summed E-state index contributed by atoms with van der Waals surface area (Å²) in [6.45, 7) is 10.9. The minimum absolute atomic E-state index is 0.142. The number of rotatable bonds is 5. The van der Waals surface area contributed by atoms with Gasteiger partial charge in [0, 0.05) is 36.4 Å². The van der Waals surface area contributed by atoms with E-state index in [0.29, 0.717) is 22.0 Å². The van der Waals surface area contributed by atoms with Crippen LogP contribution < -0.4 is 15.1 Å². The Morgan fingerprint density at radius 1 is 0.878 bits per heavy atom. The van der Waals surface area contributed by atoms with Gasteiger partial charge in [0.25, 0.3) is 0 Å². The lowest BCUT2D eigenvalue weighted by Gasteiger charge is -2.37. The van der Waals surface area contributed by atoms with E-state index in [1.807, 2.05) is 36.5 Å². The third-order valence-electron chi connectivity index (χ3n) is 8.40. The lowest BCUT2D eigenvalue weighted by molar-refractivity contribution is 0.357. The Labute approximate surface area is 258 Å². The van der Waals surface area contributed by atoms with Crippen LogP contribution in [0.4, 0.5) is 11.4 Å². The molecule has 8 heteroatoms. The van der Waals surface area contributed by atoms with Crippen molar-refractivity contribution in [2.24, 2.45) is 11.8 Å². The number of anilines is 2. The van der Waals surface area contributed by atoms with E-state index in [-0.39, 0.29) is 12.1 Å². The molecule has 2 fully saturated rings. The molecule has 0 bridgehead atoms. The lowest BCUT2D eigenvalue weighted by atomic mass is 9.91. The zero-order chi connectivity index (χ0) is 28.8. The second kappa shape index (κ2) is 11.3. The first-order valence-electron chi connectivity index (χ1n) is 14.2. The maximum atomic E-state index is 7.03. The molecular weight excluding hydrogens is 569 g/mol. The first-order chi connectivity index (χ1) is 19.7. The Morgan fingerprint density at radius 2 is 1.61 bits per heavy atom. The highest BCUT2D eigenvalue weighted by molar-refractivity contribution is 7.80. The normalized spacial score (nSPS) is 22.7. The topological polar surface area (TPSA) is 36.3 Å². The van der Waals surface area contributed by atoms with Gasteiger partial charge in [-0.3, -0.25) is 4.98 Å². The Bertz CT molecular complexity index is 1580. The molecule has 0 saturated carbocycles. The van der Waals surface area contributed by atoms with Crippen LogP contribution in [0.25, 0.3) is 5.69 Å². The number of nitrogens with one attached hydrogen (secondary N) is 1. The van der Waals surface area contributed by atoms with Crippen LogP contribution in [0.15, 0.2) is 72.9 Å². The van der Waals surface area contributed by atoms with Crippen LogP contribution in [0, 0.1) is 25.7 Å². The average Bonchev–Trinajstić information content (AvgIpc) is 3.43. The summed E-state index contributed by atoms with van der Waals surface area (Å²) >= 11 is 19.7. The smallest absolute Gasteiger partial charge is 0.174 e. The fourth-order valence-corrected chi connectivity index (χ4v) is 7.66. The molecule has 4 atom stereocenters. The number of para-hydroxylation sites is 1. The van der Waals surface area contributed by atoms with E-state index in [0.717, 1.165) is 57.8 Å². The molecule has 4 heterocycles. The van der Waals surface area contributed by atoms with Crippen LogP contribution in [-0.2, 0) is 0 Å². The minimum Gasteiger partial charge on any atom is -0.370 e. The van der Waals surface area contributed by atoms with Crippen molar-refractivity contribution < 1.29 is 0 Å². The molecule has 0 unspecified atom stereocenters. The van der Waals surface area contributed by atoms with Crippen molar-refractivity contribution in [1.29, 1.82) is 0 Å². The molecule has 2 aliphatic rings.